The molecule has 4 nitrogen and oxygen atoms in total. The molecule has 134 valence electrons. The molecule has 0 saturated heterocycles. The highest BCUT2D eigenvalue weighted by atomic mass is 79.9. The zero-order valence-corrected chi connectivity index (χ0v) is 16.8. The van der Waals surface area contributed by atoms with Crippen LogP contribution in [0.5, 0.6) is 5.75 Å². The lowest BCUT2D eigenvalue weighted by atomic mass is 10.1. The third-order valence-electron chi connectivity index (χ3n) is 4.32. The molecule has 0 aromatic heterocycles. The van der Waals surface area contributed by atoms with Crippen molar-refractivity contribution in [1.29, 1.82) is 0 Å². The van der Waals surface area contributed by atoms with Crippen molar-refractivity contribution in [3.63, 3.8) is 0 Å². The van der Waals surface area contributed by atoms with Gasteiger partial charge in [0.25, 0.3) is 0 Å². The van der Waals surface area contributed by atoms with Gasteiger partial charge >= 0.3 is 0 Å². The van der Waals surface area contributed by atoms with Crippen LogP contribution in [0.3, 0.4) is 0 Å². The number of halogens is 1. The number of ether oxygens (including phenoxy) is 1. The predicted octanol–water partition coefficient (Wildman–Crippen LogP) is 3.94. The molecule has 0 radical (unpaired) electrons. The number of hydrogen-bond donors (Lipinski definition) is 0. The Kier molecular flexibility index (Phi) is 7.02. The Morgan fingerprint density at radius 1 is 1.12 bits per heavy atom. The van der Waals surface area contributed by atoms with Gasteiger partial charge in [-0.05, 0) is 37.7 Å². The fraction of sp³-hybridized carbons (Fsp3) is 0.350. The highest BCUT2D eigenvalue weighted by molar-refractivity contribution is 9.10. The number of likely N-dealkylation sites (N-methyl/N-ethyl adjacent to an activating group) is 2. The number of carbonyl (C=O) groups is 1. The number of nitrogens with zero attached hydrogens (tertiary/aromatic N) is 2. The lowest BCUT2D eigenvalue weighted by Crippen LogP contribution is -2.43. The Hall–Kier alpha value is -1.85. The Bertz CT molecular complexity index is 706. The van der Waals surface area contributed by atoms with Crippen molar-refractivity contribution >= 4 is 21.8 Å². The van der Waals surface area contributed by atoms with Gasteiger partial charge in [0.1, 0.15) is 5.75 Å². The number of benzene rings is 2. The molecular weight excluding hydrogens is 380 g/mol. The summed E-state index contributed by atoms with van der Waals surface area (Å²) in [5.41, 5.74) is 2.17. The fourth-order valence-electron chi connectivity index (χ4n) is 2.72. The summed E-state index contributed by atoms with van der Waals surface area (Å²) in [7, 11) is 5.47. The molecule has 25 heavy (non-hydrogen) atoms. The lowest BCUT2D eigenvalue weighted by molar-refractivity contribution is -0.135. The first-order chi connectivity index (χ1) is 11.9. The third kappa shape index (κ3) is 5.31. The maximum Gasteiger partial charge on any atom is 0.239 e. The van der Waals surface area contributed by atoms with Gasteiger partial charge in [-0.1, -0.05) is 46.3 Å². The number of amides is 1. The van der Waals surface area contributed by atoms with E-state index in [0.29, 0.717) is 13.1 Å². The van der Waals surface area contributed by atoms with E-state index in [1.165, 1.54) is 0 Å². The first kappa shape index (κ1) is 19.5. The van der Waals surface area contributed by atoms with Crippen LogP contribution in [0.2, 0.25) is 0 Å². The minimum Gasteiger partial charge on any atom is -0.496 e. The van der Waals surface area contributed by atoms with Crippen LogP contribution >= 0.6 is 15.9 Å². The Morgan fingerprint density at radius 2 is 1.80 bits per heavy atom. The first-order valence-electron chi connectivity index (χ1n) is 8.24. The van der Waals surface area contributed by atoms with Crippen LogP contribution in [-0.4, -0.2) is 43.0 Å². The molecule has 2 rings (SSSR count). The van der Waals surface area contributed by atoms with Crippen LogP contribution in [-0.2, 0) is 17.9 Å². The summed E-state index contributed by atoms with van der Waals surface area (Å²) in [6.45, 7) is 3.18. The first-order valence-corrected chi connectivity index (χ1v) is 9.03. The largest absolute Gasteiger partial charge is 0.496 e. The molecule has 0 N–H and O–H groups in total. The van der Waals surface area contributed by atoms with Gasteiger partial charge in [-0.3, -0.25) is 9.69 Å². The van der Waals surface area contributed by atoms with Crippen LogP contribution in [0.4, 0.5) is 0 Å². The van der Waals surface area contributed by atoms with E-state index < -0.39 is 0 Å². The van der Waals surface area contributed by atoms with E-state index in [1.807, 2.05) is 74.4 Å². The van der Waals surface area contributed by atoms with Crippen LogP contribution in [0, 0.1) is 0 Å². The van der Waals surface area contributed by atoms with Crippen LogP contribution < -0.4 is 4.74 Å². The van der Waals surface area contributed by atoms with E-state index in [9.17, 15) is 4.79 Å². The highest BCUT2D eigenvalue weighted by Gasteiger charge is 2.22. The van der Waals surface area contributed by atoms with Crippen molar-refractivity contribution in [1.82, 2.24) is 9.80 Å². The minimum absolute atomic E-state index is 0.0975. The van der Waals surface area contributed by atoms with Gasteiger partial charge in [-0.25, -0.2) is 0 Å². The second-order valence-corrected chi connectivity index (χ2v) is 7.14. The molecule has 0 saturated carbocycles. The van der Waals surface area contributed by atoms with Crippen molar-refractivity contribution in [3.05, 3.63) is 64.1 Å². The van der Waals surface area contributed by atoms with Crippen LogP contribution in [0.1, 0.15) is 18.1 Å². The van der Waals surface area contributed by atoms with E-state index in [0.717, 1.165) is 21.3 Å². The Labute approximate surface area is 158 Å². The lowest BCUT2D eigenvalue weighted by Gasteiger charge is -2.28. The highest BCUT2D eigenvalue weighted by Crippen LogP contribution is 2.24. The van der Waals surface area contributed by atoms with Gasteiger partial charge in [0.05, 0.1) is 13.2 Å². The summed E-state index contributed by atoms with van der Waals surface area (Å²) < 4.78 is 6.42. The summed E-state index contributed by atoms with van der Waals surface area (Å²) >= 11 is 3.49. The molecule has 2 aromatic carbocycles. The topological polar surface area (TPSA) is 32.8 Å². The summed E-state index contributed by atoms with van der Waals surface area (Å²) in [5, 5.41) is 0. The molecule has 0 aliphatic heterocycles. The summed E-state index contributed by atoms with van der Waals surface area (Å²) in [6.07, 6.45) is 0. The minimum atomic E-state index is -0.225. The Balaban J connectivity index is 2.02. The number of carbonyl (C=O) groups excluding carboxylic acids is 1. The molecule has 0 unspecified atom stereocenters. The molecule has 0 fully saturated rings. The SMILES string of the molecule is COc1ccc(Br)cc1CN(C)[C@@H](C)C(=O)N(C)Cc1ccccc1. The van der Waals surface area contributed by atoms with Gasteiger partial charge in [-0.2, -0.15) is 0 Å². The van der Waals surface area contributed by atoms with Crippen molar-refractivity contribution < 1.29 is 9.53 Å². The van der Waals surface area contributed by atoms with Gasteiger partial charge in [0.2, 0.25) is 5.91 Å². The van der Waals surface area contributed by atoms with Crippen molar-refractivity contribution in [2.24, 2.45) is 0 Å². The predicted molar refractivity (Wildman–Crippen MR) is 105 cm³/mol. The molecule has 5 heteroatoms. The molecular formula is C20H25BrN2O2. The molecule has 1 atom stereocenters. The molecule has 0 heterocycles. The van der Waals surface area contributed by atoms with Crippen LogP contribution in [0.25, 0.3) is 0 Å². The normalized spacial score (nSPS) is 12.1. The summed E-state index contributed by atoms with van der Waals surface area (Å²) in [4.78, 5) is 16.6. The number of hydrogen-bond acceptors (Lipinski definition) is 3. The summed E-state index contributed by atoms with van der Waals surface area (Å²) in [6, 6.07) is 15.7. The maximum atomic E-state index is 12.7. The van der Waals surface area contributed by atoms with Gasteiger partial charge < -0.3 is 9.64 Å². The van der Waals surface area contributed by atoms with Crippen LogP contribution in [0.15, 0.2) is 53.0 Å². The summed E-state index contributed by atoms with van der Waals surface area (Å²) in [5.74, 6) is 0.924. The maximum absolute atomic E-state index is 12.7. The average molecular weight is 405 g/mol. The monoisotopic (exact) mass is 404 g/mol. The molecule has 0 aliphatic rings. The molecule has 1 amide bonds. The fourth-order valence-corrected chi connectivity index (χ4v) is 3.13. The molecule has 2 aromatic rings. The van der Waals surface area contributed by atoms with Gasteiger partial charge in [-0.15, -0.1) is 0 Å². The molecule has 0 spiro atoms. The molecule has 0 bridgehead atoms. The Morgan fingerprint density at radius 3 is 2.44 bits per heavy atom. The second kappa shape index (κ2) is 9.02. The zero-order chi connectivity index (χ0) is 18.4. The number of rotatable bonds is 7. The van der Waals surface area contributed by atoms with E-state index in [2.05, 4.69) is 15.9 Å². The second-order valence-electron chi connectivity index (χ2n) is 6.23. The smallest absolute Gasteiger partial charge is 0.239 e. The standard InChI is InChI=1S/C20H25BrN2O2/c1-15(20(24)23(3)13-16-8-6-5-7-9-16)22(2)14-17-12-18(21)10-11-19(17)25-4/h5-12,15H,13-14H2,1-4H3/t15-/m0/s1. The van der Waals surface area contributed by atoms with Gasteiger partial charge in [0, 0.05) is 30.2 Å². The van der Waals surface area contributed by atoms with E-state index in [4.69, 9.17) is 4.74 Å². The number of methoxy groups -OCH3 is 1. The van der Waals surface area contributed by atoms with Crippen molar-refractivity contribution in [2.75, 3.05) is 21.2 Å². The zero-order valence-electron chi connectivity index (χ0n) is 15.2. The van der Waals surface area contributed by atoms with Crippen molar-refractivity contribution in [2.45, 2.75) is 26.1 Å². The molecule has 0 aliphatic carbocycles. The van der Waals surface area contributed by atoms with E-state index in [-0.39, 0.29) is 11.9 Å². The quantitative estimate of drug-likeness (QED) is 0.700. The average Bonchev–Trinajstić information content (AvgIpc) is 2.61. The van der Waals surface area contributed by atoms with Crippen molar-refractivity contribution in [3.8, 4) is 5.75 Å². The van der Waals surface area contributed by atoms with E-state index in [1.54, 1.807) is 12.0 Å². The van der Waals surface area contributed by atoms with Gasteiger partial charge in [0.15, 0.2) is 0 Å². The van der Waals surface area contributed by atoms with E-state index >= 15 is 0 Å². The third-order valence-corrected chi connectivity index (χ3v) is 4.81.